The molecule has 3 rings (SSSR count). The SMILES string of the molecule is O=C(NCc1ccc(-c2cccs2)o1)c1ccccc1Cl. The first-order chi connectivity index (χ1) is 10.2. The Hall–Kier alpha value is -2.04. The van der Waals surface area contributed by atoms with Crippen LogP contribution in [0.4, 0.5) is 0 Å². The van der Waals surface area contributed by atoms with Crippen LogP contribution in [0, 0.1) is 0 Å². The topological polar surface area (TPSA) is 42.2 Å². The molecule has 0 unspecified atom stereocenters. The maximum absolute atomic E-state index is 12.0. The third kappa shape index (κ3) is 3.17. The number of furan rings is 1. The van der Waals surface area contributed by atoms with Crippen molar-refractivity contribution in [1.82, 2.24) is 5.32 Å². The number of hydrogen-bond donors (Lipinski definition) is 1. The number of carbonyl (C=O) groups is 1. The first-order valence-electron chi connectivity index (χ1n) is 6.39. The standard InChI is InChI=1S/C16H12ClNO2S/c17-13-5-2-1-4-12(13)16(19)18-10-11-7-8-14(20-11)15-6-3-9-21-15/h1-9H,10H2,(H,18,19). The van der Waals surface area contributed by atoms with Crippen LogP contribution in [0.25, 0.3) is 10.6 Å². The van der Waals surface area contributed by atoms with Crippen LogP contribution in [-0.4, -0.2) is 5.91 Å². The zero-order valence-corrected chi connectivity index (χ0v) is 12.6. The zero-order chi connectivity index (χ0) is 14.7. The monoisotopic (exact) mass is 317 g/mol. The average molecular weight is 318 g/mol. The van der Waals surface area contributed by atoms with Gasteiger partial charge in [-0.3, -0.25) is 4.79 Å². The highest BCUT2D eigenvalue weighted by Gasteiger charge is 2.11. The van der Waals surface area contributed by atoms with E-state index in [0.717, 1.165) is 10.6 Å². The Morgan fingerprint density at radius 2 is 2.00 bits per heavy atom. The Morgan fingerprint density at radius 3 is 2.76 bits per heavy atom. The van der Waals surface area contributed by atoms with Gasteiger partial charge in [0.15, 0.2) is 0 Å². The Bertz CT molecular complexity index is 749. The quantitative estimate of drug-likeness (QED) is 0.764. The summed E-state index contributed by atoms with van der Waals surface area (Å²) < 4.78 is 5.71. The van der Waals surface area contributed by atoms with E-state index in [1.807, 2.05) is 29.6 Å². The number of benzene rings is 1. The summed E-state index contributed by atoms with van der Waals surface area (Å²) in [5.41, 5.74) is 0.462. The predicted molar refractivity (Wildman–Crippen MR) is 84.6 cm³/mol. The van der Waals surface area contributed by atoms with Crippen molar-refractivity contribution in [3.05, 3.63) is 70.3 Å². The molecule has 0 saturated carbocycles. The van der Waals surface area contributed by atoms with Gasteiger partial charge in [-0.25, -0.2) is 0 Å². The molecule has 106 valence electrons. The van der Waals surface area contributed by atoms with E-state index in [9.17, 15) is 4.79 Å². The number of hydrogen-bond acceptors (Lipinski definition) is 3. The molecule has 0 bridgehead atoms. The molecule has 2 heterocycles. The summed E-state index contributed by atoms with van der Waals surface area (Å²) in [6.45, 7) is 0.329. The molecule has 0 saturated heterocycles. The summed E-state index contributed by atoms with van der Waals surface area (Å²) >= 11 is 7.60. The van der Waals surface area contributed by atoms with Crippen LogP contribution in [-0.2, 0) is 6.54 Å². The van der Waals surface area contributed by atoms with Gasteiger partial charge in [-0.2, -0.15) is 0 Å². The number of nitrogens with one attached hydrogen (secondary N) is 1. The van der Waals surface area contributed by atoms with Gasteiger partial charge in [0, 0.05) is 0 Å². The van der Waals surface area contributed by atoms with Crippen molar-refractivity contribution in [2.24, 2.45) is 0 Å². The molecule has 0 aliphatic rings. The van der Waals surface area contributed by atoms with Crippen molar-refractivity contribution in [3.63, 3.8) is 0 Å². The van der Waals surface area contributed by atoms with Crippen LogP contribution in [0.15, 0.2) is 58.3 Å². The Kier molecular flexibility index (Phi) is 4.08. The summed E-state index contributed by atoms with van der Waals surface area (Å²) in [7, 11) is 0. The van der Waals surface area contributed by atoms with Crippen LogP contribution in [0.3, 0.4) is 0 Å². The lowest BCUT2D eigenvalue weighted by Crippen LogP contribution is -2.22. The Morgan fingerprint density at radius 1 is 1.14 bits per heavy atom. The number of rotatable bonds is 4. The molecule has 0 fully saturated rings. The van der Waals surface area contributed by atoms with Gasteiger partial charge in [-0.15, -0.1) is 11.3 Å². The molecule has 1 aromatic carbocycles. The minimum absolute atomic E-state index is 0.213. The molecule has 0 atom stereocenters. The van der Waals surface area contributed by atoms with Gasteiger partial charge in [0.2, 0.25) is 0 Å². The van der Waals surface area contributed by atoms with Gasteiger partial charge >= 0.3 is 0 Å². The van der Waals surface area contributed by atoms with Crippen molar-refractivity contribution in [2.75, 3.05) is 0 Å². The molecule has 0 aliphatic carbocycles. The molecular weight excluding hydrogens is 306 g/mol. The molecule has 5 heteroatoms. The van der Waals surface area contributed by atoms with E-state index in [2.05, 4.69) is 5.32 Å². The molecule has 1 amide bonds. The van der Waals surface area contributed by atoms with E-state index in [4.69, 9.17) is 16.0 Å². The van der Waals surface area contributed by atoms with E-state index in [1.165, 1.54) is 0 Å². The van der Waals surface area contributed by atoms with E-state index >= 15 is 0 Å². The summed E-state index contributed by atoms with van der Waals surface area (Å²) in [5.74, 6) is 1.31. The molecule has 0 spiro atoms. The second kappa shape index (κ2) is 6.16. The van der Waals surface area contributed by atoms with Gasteiger partial charge < -0.3 is 9.73 Å². The lowest BCUT2D eigenvalue weighted by Gasteiger charge is -2.04. The average Bonchev–Trinajstić information content (AvgIpc) is 3.16. The van der Waals surface area contributed by atoms with Gasteiger partial charge in [-0.1, -0.05) is 29.8 Å². The van der Waals surface area contributed by atoms with Crippen LogP contribution in [0.1, 0.15) is 16.1 Å². The van der Waals surface area contributed by atoms with Crippen molar-refractivity contribution in [2.45, 2.75) is 6.54 Å². The van der Waals surface area contributed by atoms with Crippen LogP contribution >= 0.6 is 22.9 Å². The van der Waals surface area contributed by atoms with Crippen LogP contribution in [0.2, 0.25) is 5.02 Å². The van der Waals surface area contributed by atoms with Gasteiger partial charge in [0.1, 0.15) is 11.5 Å². The second-order valence-electron chi connectivity index (χ2n) is 4.41. The molecule has 1 N–H and O–H groups in total. The molecule has 0 aliphatic heterocycles. The van der Waals surface area contributed by atoms with Gasteiger partial charge in [0.25, 0.3) is 5.91 Å². The molecule has 2 aromatic heterocycles. The lowest BCUT2D eigenvalue weighted by atomic mass is 10.2. The maximum Gasteiger partial charge on any atom is 0.253 e. The fourth-order valence-electron chi connectivity index (χ4n) is 1.93. The van der Waals surface area contributed by atoms with Crippen LogP contribution in [0.5, 0.6) is 0 Å². The number of halogens is 1. The highest BCUT2D eigenvalue weighted by molar-refractivity contribution is 7.13. The first kappa shape index (κ1) is 13.9. The maximum atomic E-state index is 12.0. The summed E-state index contributed by atoms with van der Waals surface area (Å²) in [4.78, 5) is 13.1. The third-order valence-corrected chi connectivity index (χ3v) is 4.18. The Balaban J connectivity index is 1.66. The minimum Gasteiger partial charge on any atom is -0.458 e. The smallest absolute Gasteiger partial charge is 0.253 e. The summed E-state index contributed by atoms with van der Waals surface area (Å²) in [6.07, 6.45) is 0. The van der Waals surface area contributed by atoms with Gasteiger partial charge in [0.05, 0.1) is 22.0 Å². The van der Waals surface area contributed by atoms with E-state index < -0.39 is 0 Å². The molecular formula is C16H12ClNO2S. The number of thiophene rings is 1. The Labute approximate surface area is 131 Å². The predicted octanol–water partition coefficient (Wildman–Crippen LogP) is 4.59. The van der Waals surface area contributed by atoms with Crippen molar-refractivity contribution >= 4 is 28.8 Å². The van der Waals surface area contributed by atoms with Crippen LogP contribution < -0.4 is 5.32 Å². The number of amides is 1. The van der Waals surface area contributed by atoms with Crippen molar-refractivity contribution < 1.29 is 9.21 Å². The normalized spacial score (nSPS) is 10.5. The fraction of sp³-hybridized carbons (Fsp3) is 0.0625. The lowest BCUT2D eigenvalue weighted by molar-refractivity contribution is 0.0948. The zero-order valence-electron chi connectivity index (χ0n) is 11.0. The first-order valence-corrected chi connectivity index (χ1v) is 7.65. The molecule has 3 aromatic rings. The summed E-state index contributed by atoms with van der Waals surface area (Å²) in [5, 5.41) is 5.24. The van der Waals surface area contributed by atoms with E-state index in [1.54, 1.807) is 35.6 Å². The van der Waals surface area contributed by atoms with Crippen molar-refractivity contribution in [3.8, 4) is 10.6 Å². The minimum atomic E-state index is -0.213. The van der Waals surface area contributed by atoms with Crippen molar-refractivity contribution in [1.29, 1.82) is 0 Å². The van der Waals surface area contributed by atoms with E-state index in [0.29, 0.717) is 22.9 Å². The molecule has 3 nitrogen and oxygen atoms in total. The summed E-state index contributed by atoms with van der Waals surface area (Å²) in [6, 6.07) is 14.7. The largest absolute Gasteiger partial charge is 0.458 e. The highest BCUT2D eigenvalue weighted by Crippen LogP contribution is 2.26. The molecule has 21 heavy (non-hydrogen) atoms. The number of carbonyl (C=O) groups excluding carboxylic acids is 1. The fourth-order valence-corrected chi connectivity index (χ4v) is 2.84. The highest BCUT2D eigenvalue weighted by atomic mass is 35.5. The van der Waals surface area contributed by atoms with Gasteiger partial charge in [-0.05, 0) is 35.7 Å². The molecule has 0 radical (unpaired) electrons. The van der Waals surface area contributed by atoms with E-state index in [-0.39, 0.29) is 5.91 Å². The second-order valence-corrected chi connectivity index (χ2v) is 5.76. The third-order valence-electron chi connectivity index (χ3n) is 2.97.